The smallest absolute Gasteiger partial charge is 0.339 e. The third-order valence-electron chi connectivity index (χ3n) is 4.42. The van der Waals surface area contributed by atoms with Crippen molar-refractivity contribution < 1.29 is 9.53 Å². The zero-order valence-electron chi connectivity index (χ0n) is 14.9. The maximum Gasteiger partial charge on any atom is 0.339 e. The van der Waals surface area contributed by atoms with E-state index in [1.807, 2.05) is 18.2 Å². The zero-order valence-corrected chi connectivity index (χ0v) is 14.9. The number of carbonyl (C=O) groups is 1. The first-order valence-electron chi connectivity index (χ1n) is 9.06. The Morgan fingerprint density at radius 1 is 1.27 bits per heavy atom. The topological polar surface area (TPSA) is 123 Å². The van der Waals surface area contributed by atoms with Gasteiger partial charge in [-0.25, -0.2) is 9.78 Å². The molecule has 0 bridgehead atoms. The summed E-state index contributed by atoms with van der Waals surface area (Å²) in [6.07, 6.45) is 5.00. The molecule has 5 N–H and O–H groups in total. The highest BCUT2D eigenvalue weighted by Crippen LogP contribution is 2.20. The number of piperidine rings is 1. The molecule has 2 amide bonds. The summed E-state index contributed by atoms with van der Waals surface area (Å²) in [6.45, 7) is 3.64. The van der Waals surface area contributed by atoms with Gasteiger partial charge in [0.25, 0.3) is 0 Å². The Hall–Kier alpha value is -2.61. The number of fused-ring (bicyclic) bond motifs is 1. The summed E-state index contributed by atoms with van der Waals surface area (Å²) in [5.41, 5.74) is 12.5. The number of rotatable bonds is 7. The molecule has 1 aliphatic heterocycles. The summed E-state index contributed by atoms with van der Waals surface area (Å²) in [4.78, 5) is 24.6. The van der Waals surface area contributed by atoms with E-state index in [1.54, 1.807) is 0 Å². The molecular formula is C18H26N6O2. The number of nitrogens with two attached hydrogens (primary N) is 2. The second-order valence-corrected chi connectivity index (χ2v) is 6.59. The van der Waals surface area contributed by atoms with Gasteiger partial charge >= 0.3 is 6.03 Å². The highest BCUT2D eigenvalue weighted by Gasteiger charge is 2.13. The van der Waals surface area contributed by atoms with Crippen LogP contribution in [0.2, 0.25) is 0 Å². The van der Waals surface area contributed by atoms with Gasteiger partial charge in [-0.05, 0) is 44.5 Å². The lowest BCUT2D eigenvalue weighted by Gasteiger charge is -2.25. The molecule has 1 fully saturated rings. The number of carbonyl (C=O) groups excluding carboxylic acids is 1. The molecule has 0 aliphatic carbocycles. The molecule has 2 heterocycles. The fourth-order valence-electron chi connectivity index (χ4n) is 3.18. The summed E-state index contributed by atoms with van der Waals surface area (Å²) < 4.78 is 5.74. The molecule has 1 aromatic heterocycles. The van der Waals surface area contributed by atoms with E-state index >= 15 is 0 Å². The van der Waals surface area contributed by atoms with Crippen molar-refractivity contribution in [2.24, 2.45) is 16.5 Å². The van der Waals surface area contributed by atoms with E-state index in [2.05, 4.69) is 19.9 Å². The van der Waals surface area contributed by atoms with Gasteiger partial charge in [0.1, 0.15) is 17.4 Å². The van der Waals surface area contributed by atoms with E-state index in [1.165, 1.54) is 19.3 Å². The van der Waals surface area contributed by atoms with Crippen LogP contribution in [0.4, 0.5) is 4.79 Å². The molecule has 1 aromatic carbocycles. The number of hydrogen-bond acceptors (Lipinski definition) is 4. The van der Waals surface area contributed by atoms with E-state index in [0.717, 1.165) is 42.2 Å². The number of aliphatic imine (C=N–C) groups is 1. The third-order valence-corrected chi connectivity index (χ3v) is 4.42. The van der Waals surface area contributed by atoms with Crippen LogP contribution in [0.3, 0.4) is 0 Å². The molecule has 2 aromatic rings. The number of amidine groups is 1. The summed E-state index contributed by atoms with van der Waals surface area (Å²) in [5.74, 6) is 2.00. The summed E-state index contributed by atoms with van der Waals surface area (Å²) >= 11 is 0. The van der Waals surface area contributed by atoms with E-state index in [4.69, 9.17) is 16.2 Å². The molecule has 140 valence electrons. The van der Waals surface area contributed by atoms with E-state index < -0.39 is 6.03 Å². The number of nitrogens with one attached hydrogen (secondary N) is 1. The Bertz CT molecular complexity index is 779. The van der Waals surface area contributed by atoms with Crippen LogP contribution in [0.1, 0.15) is 37.9 Å². The van der Waals surface area contributed by atoms with Crippen molar-refractivity contribution in [3.63, 3.8) is 0 Å². The van der Waals surface area contributed by atoms with E-state index in [-0.39, 0.29) is 5.84 Å². The molecule has 26 heavy (non-hydrogen) atoms. The number of benzene rings is 1. The Morgan fingerprint density at radius 2 is 2.08 bits per heavy atom. The van der Waals surface area contributed by atoms with Gasteiger partial charge in [-0.1, -0.05) is 6.42 Å². The predicted molar refractivity (Wildman–Crippen MR) is 101 cm³/mol. The first-order chi connectivity index (χ1) is 12.6. The third kappa shape index (κ3) is 5.19. The van der Waals surface area contributed by atoms with Crippen molar-refractivity contribution in [3.8, 4) is 5.75 Å². The summed E-state index contributed by atoms with van der Waals surface area (Å²) in [5, 5.41) is 0. The Kier molecular flexibility index (Phi) is 6.06. The monoisotopic (exact) mass is 358 g/mol. The molecule has 0 spiro atoms. The fraction of sp³-hybridized carbons (Fsp3) is 0.500. The fourth-order valence-corrected chi connectivity index (χ4v) is 3.18. The molecular weight excluding hydrogens is 332 g/mol. The van der Waals surface area contributed by atoms with Gasteiger partial charge in [-0.3, -0.25) is 4.90 Å². The number of urea groups is 1. The zero-order chi connectivity index (χ0) is 18.4. The first kappa shape index (κ1) is 18.2. The number of ether oxygens (including phenoxy) is 1. The molecule has 0 unspecified atom stereocenters. The van der Waals surface area contributed by atoms with Crippen LogP contribution < -0.4 is 16.2 Å². The van der Waals surface area contributed by atoms with Crippen LogP contribution in [0.5, 0.6) is 5.75 Å². The Morgan fingerprint density at radius 3 is 2.85 bits per heavy atom. The number of hydrogen-bond donors (Lipinski definition) is 3. The van der Waals surface area contributed by atoms with Crippen molar-refractivity contribution >= 4 is 22.9 Å². The Balaban J connectivity index is 1.52. The van der Waals surface area contributed by atoms with Gasteiger partial charge in [0, 0.05) is 12.5 Å². The van der Waals surface area contributed by atoms with Crippen LogP contribution in [-0.2, 0) is 6.54 Å². The van der Waals surface area contributed by atoms with Crippen LogP contribution in [0.25, 0.3) is 11.0 Å². The maximum absolute atomic E-state index is 10.6. The largest absolute Gasteiger partial charge is 0.494 e. The second-order valence-electron chi connectivity index (χ2n) is 6.59. The molecule has 8 nitrogen and oxygen atoms in total. The lowest BCUT2D eigenvalue weighted by Crippen LogP contribution is -2.29. The van der Waals surface area contributed by atoms with Crippen LogP contribution in [0, 0.1) is 0 Å². The molecule has 3 rings (SSSR count). The van der Waals surface area contributed by atoms with Gasteiger partial charge in [-0.15, -0.1) is 0 Å². The standard InChI is InChI=1S/C18H26N6O2/c19-16(23-18(20)25)5-4-10-26-13-6-7-14-15(11-13)22-17(21-14)12-24-8-2-1-3-9-24/h6-7,11H,1-5,8-10,12H2,(H,21,22)(H4,19,20,23,25). The number of imidazole rings is 1. The lowest BCUT2D eigenvalue weighted by molar-refractivity contribution is 0.216. The van der Waals surface area contributed by atoms with Gasteiger partial charge < -0.3 is 21.2 Å². The number of primary amides is 1. The molecule has 1 saturated heterocycles. The van der Waals surface area contributed by atoms with Crippen molar-refractivity contribution in [2.45, 2.75) is 38.6 Å². The van der Waals surface area contributed by atoms with E-state index in [9.17, 15) is 4.79 Å². The first-order valence-corrected chi connectivity index (χ1v) is 9.06. The van der Waals surface area contributed by atoms with Crippen molar-refractivity contribution in [2.75, 3.05) is 19.7 Å². The quantitative estimate of drug-likeness (QED) is 0.397. The van der Waals surface area contributed by atoms with Crippen LogP contribution >= 0.6 is 0 Å². The van der Waals surface area contributed by atoms with Crippen molar-refractivity contribution in [3.05, 3.63) is 24.0 Å². The van der Waals surface area contributed by atoms with Crippen molar-refractivity contribution in [1.82, 2.24) is 14.9 Å². The Labute approximate surface area is 152 Å². The molecule has 8 heteroatoms. The second kappa shape index (κ2) is 8.66. The average Bonchev–Trinajstić information content (AvgIpc) is 3.00. The van der Waals surface area contributed by atoms with Crippen LogP contribution in [-0.4, -0.2) is 46.4 Å². The molecule has 0 saturated carbocycles. The number of nitrogens with zero attached hydrogens (tertiary/aromatic N) is 3. The lowest BCUT2D eigenvalue weighted by atomic mass is 10.1. The number of likely N-dealkylation sites (tertiary alicyclic amines) is 1. The maximum atomic E-state index is 10.6. The number of amides is 2. The van der Waals surface area contributed by atoms with Gasteiger partial charge in [0.05, 0.1) is 24.2 Å². The highest BCUT2D eigenvalue weighted by atomic mass is 16.5. The minimum Gasteiger partial charge on any atom is -0.494 e. The van der Waals surface area contributed by atoms with Crippen LogP contribution in [0.15, 0.2) is 23.2 Å². The van der Waals surface area contributed by atoms with Gasteiger partial charge in [0.15, 0.2) is 0 Å². The number of H-pyrrole nitrogens is 1. The van der Waals surface area contributed by atoms with Gasteiger partial charge in [0.2, 0.25) is 0 Å². The van der Waals surface area contributed by atoms with E-state index in [0.29, 0.717) is 19.4 Å². The number of aromatic nitrogens is 2. The van der Waals surface area contributed by atoms with Gasteiger partial charge in [-0.2, -0.15) is 4.99 Å². The molecule has 1 aliphatic rings. The van der Waals surface area contributed by atoms with Crippen molar-refractivity contribution in [1.29, 1.82) is 0 Å². The highest BCUT2D eigenvalue weighted by molar-refractivity contribution is 5.91. The molecule has 0 atom stereocenters. The predicted octanol–water partition coefficient (Wildman–Crippen LogP) is 2.14. The SMILES string of the molecule is NC(=O)/N=C(/N)CCCOc1ccc2nc(CN3CCCCC3)[nH]c2c1. The summed E-state index contributed by atoms with van der Waals surface area (Å²) in [7, 11) is 0. The average molecular weight is 358 g/mol. The number of aromatic amines is 1. The minimum absolute atomic E-state index is 0.229. The summed E-state index contributed by atoms with van der Waals surface area (Å²) in [6, 6.07) is 5.06. The minimum atomic E-state index is -0.770. The normalized spacial score (nSPS) is 16.1. The molecule has 0 radical (unpaired) electrons.